The second-order valence-electron chi connectivity index (χ2n) is 6.99. The molecule has 3 aromatic carbocycles. The van der Waals surface area contributed by atoms with Crippen molar-refractivity contribution in [2.75, 3.05) is 0 Å². The highest BCUT2D eigenvalue weighted by Crippen LogP contribution is 2.25. The van der Waals surface area contributed by atoms with Crippen LogP contribution in [0.3, 0.4) is 0 Å². The summed E-state index contributed by atoms with van der Waals surface area (Å²) >= 11 is 0. The molecule has 0 atom stereocenters. The number of phenols is 1. The van der Waals surface area contributed by atoms with Crippen LogP contribution in [0.2, 0.25) is 0 Å². The summed E-state index contributed by atoms with van der Waals surface area (Å²) in [5, 5.41) is 13.7. The molecule has 2 aromatic heterocycles. The molecule has 0 saturated heterocycles. The van der Waals surface area contributed by atoms with Gasteiger partial charge in [0, 0.05) is 11.6 Å². The Morgan fingerprint density at radius 1 is 0.969 bits per heavy atom. The van der Waals surface area contributed by atoms with Crippen LogP contribution in [-0.2, 0) is 6.61 Å². The van der Waals surface area contributed by atoms with Crippen molar-refractivity contribution >= 4 is 11.0 Å². The molecule has 0 aliphatic rings. The summed E-state index contributed by atoms with van der Waals surface area (Å²) in [5.41, 5.74) is 1.82. The molecule has 5 aromatic rings. The van der Waals surface area contributed by atoms with Gasteiger partial charge in [0.05, 0.1) is 10.9 Å². The second kappa shape index (κ2) is 7.99. The van der Waals surface area contributed by atoms with E-state index in [-0.39, 0.29) is 29.5 Å². The summed E-state index contributed by atoms with van der Waals surface area (Å²) < 4.78 is 29.6. The van der Waals surface area contributed by atoms with Crippen LogP contribution in [0, 0.1) is 5.82 Å². The molecule has 0 aliphatic heterocycles. The third-order valence-corrected chi connectivity index (χ3v) is 4.85. The summed E-state index contributed by atoms with van der Waals surface area (Å²) in [4.78, 5) is 17.1. The molecule has 158 valence electrons. The van der Waals surface area contributed by atoms with Gasteiger partial charge in [-0.25, -0.2) is 4.39 Å². The molecular formula is C24H15FN2O5. The van der Waals surface area contributed by atoms with Crippen molar-refractivity contribution in [3.63, 3.8) is 0 Å². The number of rotatable bonds is 5. The van der Waals surface area contributed by atoms with E-state index in [4.69, 9.17) is 13.7 Å². The van der Waals surface area contributed by atoms with E-state index < -0.39 is 0 Å². The van der Waals surface area contributed by atoms with Crippen LogP contribution in [-0.4, -0.2) is 15.2 Å². The predicted molar refractivity (Wildman–Crippen MR) is 114 cm³/mol. The number of hydrogen-bond acceptors (Lipinski definition) is 7. The standard InChI is InChI=1S/C24H15FN2O5/c25-16-5-1-15(2-6-16)24-26-22(27-32-24)13-30-18-9-10-19-21(11-18)31-12-20(23(19)29)14-3-7-17(28)8-4-14/h1-12,28H,13H2. The zero-order chi connectivity index (χ0) is 22.1. The Morgan fingerprint density at radius 3 is 2.50 bits per heavy atom. The predicted octanol–water partition coefficient (Wildman–Crippen LogP) is 4.93. The Kier molecular flexibility index (Phi) is 4.87. The van der Waals surface area contributed by atoms with Gasteiger partial charge in [-0.05, 0) is 54.1 Å². The lowest BCUT2D eigenvalue weighted by Crippen LogP contribution is -2.05. The van der Waals surface area contributed by atoms with Crippen molar-refractivity contribution in [1.82, 2.24) is 10.1 Å². The van der Waals surface area contributed by atoms with Crippen molar-refractivity contribution in [2.24, 2.45) is 0 Å². The minimum absolute atomic E-state index is 0.0338. The SMILES string of the molecule is O=c1c(-c2ccc(O)cc2)coc2cc(OCc3noc(-c4ccc(F)cc4)n3)ccc12. The van der Waals surface area contributed by atoms with E-state index in [9.17, 15) is 14.3 Å². The Morgan fingerprint density at radius 2 is 1.72 bits per heavy atom. The van der Waals surface area contributed by atoms with Gasteiger partial charge in [0.1, 0.15) is 29.2 Å². The van der Waals surface area contributed by atoms with Gasteiger partial charge in [0.15, 0.2) is 12.0 Å². The smallest absolute Gasteiger partial charge is 0.258 e. The van der Waals surface area contributed by atoms with Crippen LogP contribution in [0.4, 0.5) is 4.39 Å². The Hall–Kier alpha value is -4.46. The van der Waals surface area contributed by atoms with E-state index in [0.29, 0.717) is 39.2 Å². The minimum atomic E-state index is -0.352. The van der Waals surface area contributed by atoms with Crippen LogP contribution in [0.25, 0.3) is 33.6 Å². The van der Waals surface area contributed by atoms with Gasteiger partial charge in [-0.3, -0.25) is 4.79 Å². The van der Waals surface area contributed by atoms with Crippen molar-refractivity contribution in [1.29, 1.82) is 0 Å². The molecule has 0 spiro atoms. The zero-order valence-electron chi connectivity index (χ0n) is 16.5. The molecule has 0 radical (unpaired) electrons. The maximum Gasteiger partial charge on any atom is 0.258 e. The summed E-state index contributed by atoms with van der Waals surface area (Å²) in [6.07, 6.45) is 1.38. The largest absolute Gasteiger partial charge is 0.508 e. The van der Waals surface area contributed by atoms with Crippen molar-refractivity contribution in [3.05, 3.63) is 94.9 Å². The number of hydrogen-bond donors (Lipinski definition) is 1. The summed E-state index contributed by atoms with van der Waals surface area (Å²) in [7, 11) is 0. The first-order chi connectivity index (χ1) is 15.6. The molecule has 2 heterocycles. The Balaban J connectivity index is 1.34. The molecule has 1 N–H and O–H groups in total. The van der Waals surface area contributed by atoms with Gasteiger partial charge >= 0.3 is 0 Å². The second-order valence-corrected chi connectivity index (χ2v) is 6.99. The van der Waals surface area contributed by atoms with E-state index in [1.807, 2.05) is 0 Å². The number of fused-ring (bicyclic) bond motifs is 1. The van der Waals surface area contributed by atoms with Gasteiger partial charge in [0.2, 0.25) is 5.82 Å². The van der Waals surface area contributed by atoms with E-state index >= 15 is 0 Å². The average molecular weight is 430 g/mol. The van der Waals surface area contributed by atoms with E-state index in [2.05, 4.69) is 10.1 Å². The molecule has 32 heavy (non-hydrogen) atoms. The Labute approximate surface area is 180 Å². The van der Waals surface area contributed by atoms with Crippen molar-refractivity contribution in [3.8, 4) is 34.1 Å². The quantitative estimate of drug-likeness (QED) is 0.422. The Bertz CT molecular complexity index is 1460. The number of halogens is 1. The maximum absolute atomic E-state index is 13.1. The lowest BCUT2D eigenvalue weighted by Gasteiger charge is -2.06. The molecule has 0 amide bonds. The molecule has 0 saturated carbocycles. The first kappa shape index (κ1) is 19.5. The van der Waals surface area contributed by atoms with Gasteiger partial charge in [-0.15, -0.1) is 0 Å². The molecule has 0 fully saturated rings. The van der Waals surface area contributed by atoms with Crippen molar-refractivity contribution < 1.29 is 23.2 Å². The van der Waals surface area contributed by atoms with Crippen LogP contribution in [0.1, 0.15) is 5.82 Å². The molecule has 0 bridgehead atoms. The highest BCUT2D eigenvalue weighted by Gasteiger charge is 2.12. The number of ether oxygens (including phenoxy) is 1. The van der Waals surface area contributed by atoms with Gasteiger partial charge < -0.3 is 18.8 Å². The van der Waals surface area contributed by atoms with Crippen LogP contribution < -0.4 is 10.2 Å². The number of aromatic hydroxyl groups is 1. The number of aromatic nitrogens is 2. The molecule has 0 aliphatic carbocycles. The molecule has 8 heteroatoms. The first-order valence-corrected chi connectivity index (χ1v) is 9.63. The topological polar surface area (TPSA) is 98.6 Å². The van der Waals surface area contributed by atoms with Crippen LogP contribution >= 0.6 is 0 Å². The fourth-order valence-corrected chi connectivity index (χ4v) is 3.21. The number of nitrogens with zero attached hydrogens (tertiary/aromatic N) is 2. The number of phenolic OH excluding ortho intramolecular Hbond substituents is 1. The van der Waals surface area contributed by atoms with E-state index in [0.717, 1.165) is 0 Å². The molecule has 0 unspecified atom stereocenters. The van der Waals surface area contributed by atoms with Crippen LogP contribution in [0.15, 0.2) is 86.7 Å². The maximum atomic E-state index is 13.1. The lowest BCUT2D eigenvalue weighted by molar-refractivity contribution is 0.287. The third kappa shape index (κ3) is 3.81. The van der Waals surface area contributed by atoms with Gasteiger partial charge in [-0.2, -0.15) is 4.98 Å². The first-order valence-electron chi connectivity index (χ1n) is 9.63. The van der Waals surface area contributed by atoms with E-state index in [1.165, 1.54) is 30.5 Å². The highest BCUT2D eigenvalue weighted by molar-refractivity contribution is 5.82. The van der Waals surface area contributed by atoms with Crippen LogP contribution in [0.5, 0.6) is 11.5 Å². The normalized spacial score (nSPS) is 11.0. The lowest BCUT2D eigenvalue weighted by atomic mass is 10.1. The summed E-state index contributed by atoms with van der Waals surface area (Å²) in [6.45, 7) is 0.0338. The summed E-state index contributed by atoms with van der Waals surface area (Å²) in [5.74, 6) is 0.802. The monoisotopic (exact) mass is 430 g/mol. The number of benzene rings is 3. The average Bonchev–Trinajstić information content (AvgIpc) is 3.28. The fraction of sp³-hybridized carbons (Fsp3) is 0.0417. The zero-order valence-corrected chi connectivity index (χ0v) is 16.5. The van der Waals surface area contributed by atoms with E-state index in [1.54, 1.807) is 42.5 Å². The fourth-order valence-electron chi connectivity index (χ4n) is 3.21. The van der Waals surface area contributed by atoms with Gasteiger partial charge in [0.25, 0.3) is 5.89 Å². The summed E-state index contributed by atoms with van der Waals surface area (Å²) in [6, 6.07) is 16.9. The van der Waals surface area contributed by atoms with Crippen molar-refractivity contribution in [2.45, 2.75) is 6.61 Å². The third-order valence-electron chi connectivity index (χ3n) is 4.85. The molecular weight excluding hydrogens is 415 g/mol. The molecule has 7 nitrogen and oxygen atoms in total. The molecule has 5 rings (SSSR count). The minimum Gasteiger partial charge on any atom is -0.508 e. The van der Waals surface area contributed by atoms with Gasteiger partial charge in [-0.1, -0.05) is 17.3 Å². The highest BCUT2D eigenvalue weighted by atomic mass is 19.1.